The Kier molecular flexibility index (Phi) is 7.95. The van der Waals surface area contributed by atoms with Crippen LogP contribution in [0.5, 0.6) is 5.75 Å². The van der Waals surface area contributed by atoms with Crippen molar-refractivity contribution in [3.8, 4) is 11.8 Å². The van der Waals surface area contributed by atoms with Crippen LogP contribution < -0.4 is 10.1 Å². The van der Waals surface area contributed by atoms with Crippen molar-refractivity contribution >= 4 is 40.3 Å². The average Bonchev–Trinajstić information content (AvgIpc) is 2.76. The summed E-state index contributed by atoms with van der Waals surface area (Å²) in [6.07, 6.45) is 1.89. The van der Waals surface area contributed by atoms with Gasteiger partial charge in [0.15, 0.2) is 0 Å². The van der Waals surface area contributed by atoms with E-state index in [0.29, 0.717) is 24.3 Å². The van der Waals surface area contributed by atoms with Crippen LogP contribution in [-0.2, 0) is 11.2 Å². The van der Waals surface area contributed by atoms with E-state index in [1.165, 1.54) is 36.4 Å². The van der Waals surface area contributed by atoms with E-state index >= 15 is 0 Å². The standard InChI is InChI=1S/C25H19F2IN2O2/c1-2-32-24-14-17(13-22(28)20(24)12-16-6-5-7-19(26)11-16)10-18(15-29)25(31)30-23-9-4-3-8-21(23)27/h3-11,13-14H,2,12H2,1H3,(H,30,31)/b18-10+. The number of rotatable bonds is 7. The summed E-state index contributed by atoms with van der Waals surface area (Å²) in [6.45, 7) is 2.27. The van der Waals surface area contributed by atoms with Crippen LogP contribution in [0, 0.1) is 26.5 Å². The van der Waals surface area contributed by atoms with Crippen LogP contribution in [-0.4, -0.2) is 12.5 Å². The molecule has 32 heavy (non-hydrogen) atoms. The van der Waals surface area contributed by atoms with E-state index in [2.05, 4.69) is 27.9 Å². The highest BCUT2D eigenvalue weighted by atomic mass is 127. The first-order valence-corrected chi connectivity index (χ1v) is 10.9. The van der Waals surface area contributed by atoms with Crippen LogP contribution in [0.15, 0.2) is 66.2 Å². The molecule has 0 aliphatic rings. The highest BCUT2D eigenvalue weighted by Crippen LogP contribution is 2.30. The smallest absolute Gasteiger partial charge is 0.266 e. The van der Waals surface area contributed by atoms with Crippen LogP contribution in [0.25, 0.3) is 6.08 Å². The van der Waals surface area contributed by atoms with Gasteiger partial charge >= 0.3 is 0 Å². The Morgan fingerprint density at radius 2 is 1.94 bits per heavy atom. The number of amides is 1. The molecule has 0 aliphatic carbocycles. The fourth-order valence-electron chi connectivity index (χ4n) is 3.09. The van der Waals surface area contributed by atoms with Gasteiger partial charge in [0.1, 0.15) is 29.0 Å². The number of nitrogens with one attached hydrogen (secondary N) is 1. The lowest BCUT2D eigenvalue weighted by atomic mass is 10.0. The maximum absolute atomic E-state index is 13.8. The lowest BCUT2D eigenvalue weighted by molar-refractivity contribution is -0.112. The van der Waals surface area contributed by atoms with Crippen molar-refractivity contribution in [3.05, 3.63) is 98.1 Å². The molecule has 0 atom stereocenters. The first-order chi connectivity index (χ1) is 15.4. The number of benzene rings is 3. The normalized spacial score (nSPS) is 11.0. The lowest BCUT2D eigenvalue weighted by Gasteiger charge is -2.14. The zero-order valence-electron chi connectivity index (χ0n) is 17.2. The molecule has 0 aliphatic heterocycles. The molecule has 3 aromatic rings. The zero-order chi connectivity index (χ0) is 23.1. The first kappa shape index (κ1) is 23.4. The second-order valence-corrected chi connectivity index (χ2v) is 7.99. The second kappa shape index (κ2) is 10.9. The molecule has 3 aromatic carbocycles. The monoisotopic (exact) mass is 544 g/mol. The van der Waals surface area contributed by atoms with E-state index in [1.807, 2.05) is 25.1 Å². The Balaban J connectivity index is 1.92. The molecule has 1 amide bonds. The third kappa shape index (κ3) is 5.92. The third-order valence-corrected chi connectivity index (χ3v) is 5.51. The van der Waals surface area contributed by atoms with Gasteiger partial charge in [-0.25, -0.2) is 8.78 Å². The number of hydrogen-bond donors (Lipinski definition) is 1. The summed E-state index contributed by atoms with van der Waals surface area (Å²) in [6, 6.07) is 17.5. The number of halogens is 3. The molecule has 0 fully saturated rings. The Hall–Kier alpha value is -3.25. The topological polar surface area (TPSA) is 62.1 Å². The van der Waals surface area contributed by atoms with Gasteiger partial charge in [-0.05, 0) is 83.1 Å². The number of anilines is 1. The average molecular weight is 544 g/mol. The molecule has 0 heterocycles. The van der Waals surface area contributed by atoms with Crippen LogP contribution >= 0.6 is 22.6 Å². The van der Waals surface area contributed by atoms with E-state index in [1.54, 1.807) is 18.2 Å². The maximum atomic E-state index is 13.8. The third-order valence-electron chi connectivity index (χ3n) is 4.54. The van der Waals surface area contributed by atoms with Gasteiger partial charge in [-0.15, -0.1) is 0 Å². The molecule has 0 radical (unpaired) electrons. The molecule has 7 heteroatoms. The van der Waals surface area contributed by atoms with E-state index in [9.17, 15) is 18.8 Å². The number of hydrogen-bond acceptors (Lipinski definition) is 3. The van der Waals surface area contributed by atoms with Gasteiger partial charge in [0.05, 0.1) is 12.3 Å². The molecule has 1 N–H and O–H groups in total. The van der Waals surface area contributed by atoms with Crippen molar-refractivity contribution in [2.45, 2.75) is 13.3 Å². The van der Waals surface area contributed by atoms with Crippen molar-refractivity contribution in [1.29, 1.82) is 5.26 Å². The predicted molar refractivity (Wildman–Crippen MR) is 128 cm³/mol. The largest absolute Gasteiger partial charge is 0.494 e. The molecule has 4 nitrogen and oxygen atoms in total. The minimum Gasteiger partial charge on any atom is -0.494 e. The molecule has 162 valence electrons. The molecule has 3 rings (SSSR count). The summed E-state index contributed by atoms with van der Waals surface area (Å²) < 4.78 is 34.0. The number of carbonyl (C=O) groups is 1. The summed E-state index contributed by atoms with van der Waals surface area (Å²) in [5.41, 5.74) is 2.08. The first-order valence-electron chi connectivity index (χ1n) is 9.78. The van der Waals surface area contributed by atoms with Gasteiger partial charge < -0.3 is 10.1 Å². The fourth-order valence-corrected chi connectivity index (χ4v) is 3.91. The highest BCUT2D eigenvalue weighted by molar-refractivity contribution is 14.1. The summed E-state index contributed by atoms with van der Waals surface area (Å²) in [5, 5.41) is 11.9. The minimum atomic E-state index is -0.714. The quantitative estimate of drug-likeness (QED) is 0.222. The maximum Gasteiger partial charge on any atom is 0.266 e. The van der Waals surface area contributed by atoms with Crippen LogP contribution in [0.3, 0.4) is 0 Å². The number of nitrogens with zero attached hydrogens (tertiary/aromatic N) is 1. The molecular formula is C25H19F2IN2O2. The van der Waals surface area contributed by atoms with E-state index < -0.39 is 11.7 Å². The van der Waals surface area contributed by atoms with Gasteiger partial charge in [0.25, 0.3) is 5.91 Å². The van der Waals surface area contributed by atoms with E-state index in [0.717, 1.165) is 14.7 Å². The Labute approximate surface area is 198 Å². The number of ether oxygens (including phenoxy) is 1. The predicted octanol–water partition coefficient (Wildman–Crippen LogP) is 6.10. The Bertz CT molecular complexity index is 1220. The zero-order valence-corrected chi connectivity index (χ0v) is 19.3. The summed E-state index contributed by atoms with van der Waals surface area (Å²) in [7, 11) is 0. The van der Waals surface area contributed by atoms with Gasteiger partial charge in [0.2, 0.25) is 0 Å². The molecule has 0 aromatic heterocycles. The van der Waals surface area contributed by atoms with Crippen LogP contribution in [0.2, 0.25) is 0 Å². The SMILES string of the molecule is CCOc1cc(/C=C(\C#N)C(=O)Nc2ccccc2F)cc(I)c1Cc1cccc(F)c1. The van der Waals surface area contributed by atoms with Gasteiger partial charge in [-0.2, -0.15) is 5.26 Å². The van der Waals surface area contributed by atoms with Crippen molar-refractivity contribution in [3.63, 3.8) is 0 Å². The van der Waals surface area contributed by atoms with Crippen molar-refractivity contribution in [2.75, 3.05) is 11.9 Å². The van der Waals surface area contributed by atoms with Crippen molar-refractivity contribution in [1.82, 2.24) is 0 Å². The van der Waals surface area contributed by atoms with Crippen LogP contribution in [0.4, 0.5) is 14.5 Å². The van der Waals surface area contributed by atoms with Gasteiger partial charge in [0, 0.05) is 15.6 Å². The fraction of sp³-hybridized carbons (Fsp3) is 0.120. The lowest BCUT2D eigenvalue weighted by Crippen LogP contribution is -2.14. The summed E-state index contributed by atoms with van der Waals surface area (Å²) >= 11 is 2.15. The minimum absolute atomic E-state index is 0.00585. The molecule has 0 saturated heterocycles. The Morgan fingerprint density at radius 1 is 1.16 bits per heavy atom. The molecule has 0 saturated carbocycles. The van der Waals surface area contributed by atoms with Crippen molar-refractivity contribution in [2.24, 2.45) is 0 Å². The van der Waals surface area contributed by atoms with Crippen LogP contribution in [0.1, 0.15) is 23.6 Å². The van der Waals surface area contributed by atoms with Gasteiger partial charge in [-0.3, -0.25) is 4.79 Å². The van der Waals surface area contributed by atoms with Crippen molar-refractivity contribution < 1.29 is 18.3 Å². The molecule has 0 spiro atoms. The second-order valence-electron chi connectivity index (χ2n) is 6.82. The van der Waals surface area contributed by atoms with Gasteiger partial charge in [-0.1, -0.05) is 24.3 Å². The molecule has 0 unspecified atom stereocenters. The number of para-hydroxylation sites is 1. The molecule has 0 bridgehead atoms. The highest BCUT2D eigenvalue weighted by Gasteiger charge is 2.15. The summed E-state index contributed by atoms with van der Waals surface area (Å²) in [4.78, 5) is 12.5. The number of carbonyl (C=O) groups excluding carboxylic acids is 1. The summed E-state index contributed by atoms with van der Waals surface area (Å²) in [5.74, 6) is -1.03. The number of nitriles is 1. The molecular weight excluding hydrogens is 525 g/mol. The Morgan fingerprint density at radius 3 is 2.62 bits per heavy atom. The van der Waals surface area contributed by atoms with E-state index in [-0.39, 0.29) is 17.1 Å². The van der Waals surface area contributed by atoms with E-state index in [4.69, 9.17) is 4.74 Å².